The first-order valence-corrected chi connectivity index (χ1v) is 4.36. The van der Waals surface area contributed by atoms with Crippen LogP contribution in [0.4, 0.5) is 0 Å². The van der Waals surface area contributed by atoms with Crippen LogP contribution >= 0.6 is 0 Å². The van der Waals surface area contributed by atoms with E-state index in [1.165, 1.54) is 0 Å². The molecule has 1 atom stereocenters. The largest absolute Gasteiger partial charge is 0.451 e. The fourth-order valence-corrected chi connectivity index (χ4v) is 1.41. The Morgan fingerprint density at radius 2 is 2.08 bits per heavy atom. The molecule has 0 saturated carbocycles. The molecular formula is C10H12O3. The van der Waals surface area contributed by atoms with E-state index in [2.05, 4.69) is 0 Å². The van der Waals surface area contributed by atoms with Crippen molar-refractivity contribution in [2.24, 2.45) is 0 Å². The number of aliphatic hydroxyl groups is 1. The number of aliphatic hydroxyl groups excluding tert-OH is 1. The molecule has 0 unspecified atom stereocenters. The Hall–Kier alpha value is -1.22. The summed E-state index contributed by atoms with van der Waals surface area (Å²) in [5, 5.41) is 8.75. The normalized spacial score (nSPS) is 19.1. The van der Waals surface area contributed by atoms with Crippen LogP contribution in [-0.2, 0) is 6.42 Å². The van der Waals surface area contributed by atoms with E-state index < -0.39 is 0 Å². The molecule has 0 amide bonds. The van der Waals surface area contributed by atoms with Crippen molar-refractivity contribution in [1.29, 1.82) is 0 Å². The van der Waals surface area contributed by atoms with Crippen molar-refractivity contribution < 1.29 is 14.6 Å². The zero-order chi connectivity index (χ0) is 9.26. The molecular weight excluding hydrogens is 168 g/mol. The Morgan fingerprint density at radius 1 is 1.31 bits per heavy atom. The number of rotatable bonds is 2. The molecule has 0 aliphatic carbocycles. The van der Waals surface area contributed by atoms with Gasteiger partial charge in [-0.2, -0.15) is 0 Å². The highest BCUT2D eigenvalue weighted by Gasteiger charge is 2.19. The predicted octanol–water partition coefficient (Wildman–Crippen LogP) is 1.34. The van der Waals surface area contributed by atoms with Crippen molar-refractivity contribution in [2.75, 3.05) is 6.61 Å². The van der Waals surface area contributed by atoms with Crippen LogP contribution in [0.1, 0.15) is 12.5 Å². The van der Waals surface area contributed by atoms with Crippen molar-refractivity contribution >= 4 is 0 Å². The quantitative estimate of drug-likeness (QED) is 0.746. The molecule has 2 rings (SSSR count). The van der Waals surface area contributed by atoms with Gasteiger partial charge in [0.15, 0.2) is 11.5 Å². The number of benzene rings is 1. The summed E-state index contributed by atoms with van der Waals surface area (Å²) in [7, 11) is 0. The van der Waals surface area contributed by atoms with E-state index in [-0.39, 0.29) is 12.9 Å². The third kappa shape index (κ3) is 1.60. The third-order valence-corrected chi connectivity index (χ3v) is 1.99. The molecule has 3 heteroatoms. The first-order chi connectivity index (χ1) is 6.29. The van der Waals surface area contributed by atoms with Gasteiger partial charge in [0.1, 0.15) is 0 Å². The molecule has 0 spiro atoms. The monoisotopic (exact) mass is 180 g/mol. The Kier molecular flexibility index (Phi) is 2.10. The number of hydrogen-bond donors (Lipinski definition) is 1. The summed E-state index contributed by atoms with van der Waals surface area (Å²) in [4.78, 5) is 0. The summed E-state index contributed by atoms with van der Waals surface area (Å²) in [6.45, 7) is 2.01. The summed E-state index contributed by atoms with van der Waals surface area (Å²) in [6, 6.07) is 5.73. The van der Waals surface area contributed by atoms with E-state index in [0.29, 0.717) is 6.42 Å². The topological polar surface area (TPSA) is 38.7 Å². The Bertz CT molecular complexity index is 309. The van der Waals surface area contributed by atoms with Gasteiger partial charge in [0, 0.05) is 13.5 Å². The van der Waals surface area contributed by atoms with E-state index >= 15 is 0 Å². The van der Waals surface area contributed by atoms with Crippen LogP contribution in [0.5, 0.6) is 11.5 Å². The van der Waals surface area contributed by atoms with Crippen molar-refractivity contribution in [3.63, 3.8) is 0 Å². The number of fused-ring (bicyclic) bond motifs is 1. The first-order valence-electron chi connectivity index (χ1n) is 4.36. The Labute approximate surface area is 76.9 Å². The fourth-order valence-electron chi connectivity index (χ4n) is 1.41. The minimum atomic E-state index is -0.195. The van der Waals surface area contributed by atoms with Crippen LogP contribution in [0.2, 0.25) is 0 Å². The van der Waals surface area contributed by atoms with E-state index in [0.717, 1.165) is 17.1 Å². The number of hydrogen-bond acceptors (Lipinski definition) is 3. The van der Waals surface area contributed by atoms with Crippen molar-refractivity contribution in [2.45, 2.75) is 19.6 Å². The van der Waals surface area contributed by atoms with Crippen LogP contribution in [0, 0.1) is 0 Å². The summed E-state index contributed by atoms with van der Waals surface area (Å²) in [5.74, 6) is 1.56. The minimum Gasteiger partial charge on any atom is -0.451 e. The molecule has 1 aromatic rings. The molecule has 70 valence electrons. The molecule has 1 aliphatic rings. The molecule has 0 bridgehead atoms. The molecule has 0 saturated heterocycles. The van der Waals surface area contributed by atoms with E-state index in [1.54, 1.807) is 0 Å². The molecule has 0 radical (unpaired) electrons. The van der Waals surface area contributed by atoms with Crippen LogP contribution in [0.15, 0.2) is 18.2 Å². The maximum atomic E-state index is 8.75. The van der Waals surface area contributed by atoms with Gasteiger partial charge < -0.3 is 14.6 Å². The zero-order valence-electron chi connectivity index (χ0n) is 7.49. The van der Waals surface area contributed by atoms with Gasteiger partial charge in [0.2, 0.25) is 6.29 Å². The number of ether oxygens (including phenoxy) is 2. The molecule has 1 heterocycles. The summed E-state index contributed by atoms with van der Waals surface area (Å²) >= 11 is 0. The molecule has 1 aliphatic heterocycles. The third-order valence-electron chi connectivity index (χ3n) is 1.99. The lowest BCUT2D eigenvalue weighted by molar-refractivity contribution is 0.0678. The van der Waals surface area contributed by atoms with Crippen LogP contribution in [-0.4, -0.2) is 18.0 Å². The summed E-state index contributed by atoms with van der Waals surface area (Å²) in [6.07, 6.45) is 0.463. The van der Waals surface area contributed by atoms with Crippen molar-refractivity contribution in [3.05, 3.63) is 23.8 Å². The van der Waals surface area contributed by atoms with Crippen LogP contribution in [0.25, 0.3) is 0 Å². The first kappa shape index (κ1) is 8.38. The van der Waals surface area contributed by atoms with Crippen molar-refractivity contribution in [3.8, 4) is 11.5 Å². The second-order valence-corrected chi connectivity index (χ2v) is 3.06. The highest BCUT2D eigenvalue weighted by atomic mass is 16.7. The van der Waals surface area contributed by atoms with E-state index in [1.807, 2.05) is 25.1 Å². The van der Waals surface area contributed by atoms with E-state index in [9.17, 15) is 0 Å². The SMILES string of the molecule is C[C@@H]1Oc2ccc(CCO)cc2O1. The molecule has 0 fully saturated rings. The van der Waals surface area contributed by atoms with Crippen LogP contribution < -0.4 is 9.47 Å². The standard InChI is InChI=1S/C10H12O3/c1-7-12-9-3-2-8(4-5-11)6-10(9)13-7/h2-3,6-7,11H,4-5H2,1H3/t7-/m1/s1. The average Bonchev–Trinajstić information content (AvgIpc) is 2.44. The molecule has 13 heavy (non-hydrogen) atoms. The average molecular weight is 180 g/mol. The smallest absolute Gasteiger partial charge is 0.238 e. The lowest BCUT2D eigenvalue weighted by Crippen LogP contribution is -2.11. The van der Waals surface area contributed by atoms with Crippen LogP contribution in [0.3, 0.4) is 0 Å². The van der Waals surface area contributed by atoms with Gasteiger partial charge in [-0.3, -0.25) is 0 Å². The predicted molar refractivity (Wildman–Crippen MR) is 47.9 cm³/mol. The van der Waals surface area contributed by atoms with Gasteiger partial charge >= 0.3 is 0 Å². The second-order valence-electron chi connectivity index (χ2n) is 3.06. The van der Waals surface area contributed by atoms with E-state index in [4.69, 9.17) is 14.6 Å². The highest BCUT2D eigenvalue weighted by molar-refractivity contribution is 5.44. The highest BCUT2D eigenvalue weighted by Crippen LogP contribution is 2.35. The molecule has 0 aromatic heterocycles. The molecule has 1 aromatic carbocycles. The second kappa shape index (κ2) is 3.26. The van der Waals surface area contributed by atoms with Gasteiger partial charge in [0.25, 0.3) is 0 Å². The summed E-state index contributed by atoms with van der Waals surface area (Å²) in [5.41, 5.74) is 1.07. The molecule has 3 nitrogen and oxygen atoms in total. The van der Waals surface area contributed by atoms with Gasteiger partial charge in [-0.25, -0.2) is 0 Å². The lowest BCUT2D eigenvalue weighted by Gasteiger charge is -2.00. The van der Waals surface area contributed by atoms with Gasteiger partial charge in [0.05, 0.1) is 0 Å². The summed E-state index contributed by atoms with van der Waals surface area (Å²) < 4.78 is 10.7. The van der Waals surface area contributed by atoms with Gasteiger partial charge in [-0.15, -0.1) is 0 Å². The maximum Gasteiger partial charge on any atom is 0.238 e. The van der Waals surface area contributed by atoms with Crippen molar-refractivity contribution in [1.82, 2.24) is 0 Å². The Balaban J connectivity index is 2.24. The minimum absolute atomic E-state index is 0.162. The van der Waals surface area contributed by atoms with Gasteiger partial charge in [-0.05, 0) is 24.1 Å². The zero-order valence-corrected chi connectivity index (χ0v) is 7.49. The van der Waals surface area contributed by atoms with Gasteiger partial charge in [-0.1, -0.05) is 6.07 Å². The maximum absolute atomic E-state index is 8.75. The fraction of sp³-hybridized carbons (Fsp3) is 0.400. The lowest BCUT2D eigenvalue weighted by atomic mass is 10.1. The molecule has 1 N–H and O–H groups in total. The Morgan fingerprint density at radius 3 is 2.85 bits per heavy atom.